The van der Waals surface area contributed by atoms with Gasteiger partial charge in [0.15, 0.2) is 5.12 Å². The monoisotopic (exact) mass is 414 g/mol. The number of carboxylic acids is 1. The minimum Gasteiger partial charge on any atom is -0.480 e. The summed E-state index contributed by atoms with van der Waals surface area (Å²) < 4.78 is 0. The molecule has 154 valence electrons. The predicted molar refractivity (Wildman–Crippen MR) is 116 cm³/mol. The Morgan fingerprint density at radius 2 is 1.62 bits per heavy atom. The molecule has 2 aromatic carbocycles. The Bertz CT molecular complexity index is 824. The van der Waals surface area contributed by atoms with Gasteiger partial charge in [0.05, 0.1) is 0 Å². The summed E-state index contributed by atoms with van der Waals surface area (Å²) in [7, 11) is 0. The van der Waals surface area contributed by atoms with Gasteiger partial charge < -0.3 is 15.3 Å². The van der Waals surface area contributed by atoms with Crippen molar-refractivity contribution in [2.75, 3.05) is 18.8 Å². The van der Waals surface area contributed by atoms with E-state index in [0.717, 1.165) is 28.5 Å². The number of thioether (sulfide) groups is 1. The van der Waals surface area contributed by atoms with E-state index in [2.05, 4.69) is 17.4 Å². The molecule has 7 heteroatoms. The number of urea groups is 1. The smallest absolute Gasteiger partial charge is 0.325 e. The number of benzene rings is 2. The molecule has 0 saturated carbocycles. The first kappa shape index (κ1) is 22.5. The lowest BCUT2D eigenvalue weighted by Crippen LogP contribution is -2.48. The van der Waals surface area contributed by atoms with Gasteiger partial charge in [0, 0.05) is 25.8 Å². The summed E-state index contributed by atoms with van der Waals surface area (Å²) in [4.78, 5) is 36.2. The van der Waals surface area contributed by atoms with Crippen LogP contribution in [0.3, 0.4) is 0 Å². The van der Waals surface area contributed by atoms with E-state index < -0.39 is 18.0 Å². The van der Waals surface area contributed by atoms with Crippen LogP contribution in [0.25, 0.3) is 11.1 Å². The zero-order chi connectivity index (χ0) is 21.2. The minimum atomic E-state index is -1.09. The summed E-state index contributed by atoms with van der Waals surface area (Å²) in [6.45, 7) is 3.70. The van der Waals surface area contributed by atoms with Crippen LogP contribution in [0.15, 0.2) is 54.6 Å². The quantitative estimate of drug-likeness (QED) is 0.654. The van der Waals surface area contributed by atoms with E-state index in [1.807, 2.05) is 42.5 Å². The van der Waals surface area contributed by atoms with E-state index in [0.29, 0.717) is 25.3 Å². The molecule has 0 aliphatic rings. The lowest BCUT2D eigenvalue weighted by atomic mass is 10.0. The van der Waals surface area contributed by atoms with Crippen molar-refractivity contribution in [2.24, 2.45) is 0 Å². The van der Waals surface area contributed by atoms with Gasteiger partial charge in [-0.3, -0.25) is 9.59 Å². The Morgan fingerprint density at radius 3 is 2.21 bits per heavy atom. The van der Waals surface area contributed by atoms with E-state index in [9.17, 15) is 14.4 Å². The van der Waals surface area contributed by atoms with Crippen molar-refractivity contribution in [1.82, 2.24) is 10.2 Å². The Balaban J connectivity index is 1.99. The maximum atomic E-state index is 12.5. The first-order chi connectivity index (χ1) is 13.9. The van der Waals surface area contributed by atoms with Crippen molar-refractivity contribution in [3.8, 4) is 11.1 Å². The molecule has 1 atom stereocenters. The van der Waals surface area contributed by atoms with Crippen molar-refractivity contribution in [1.29, 1.82) is 0 Å². The molecule has 0 bridgehead atoms. The molecule has 0 saturated heterocycles. The Kier molecular flexibility index (Phi) is 8.73. The lowest BCUT2D eigenvalue weighted by Gasteiger charge is -2.24. The van der Waals surface area contributed by atoms with Gasteiger partial charge in [-0.2, -0.15) is 0 Å². The standard InChI is InChI=1S/C22H26N2O4S/c1-16(21(26)27)23-22(28)24(14-15-29-17(2)25)13-12-18-8-10-20(11-9-18)19-6-4-3-5-7-19/h3-11,16H,12-15H2,1-2H3,(H,23,28)(H,26,27)/t16-/m0/s1. The Hall–Kier alpha value is -2.80. The molecule has 0 aliphatic heterocycles. The minimum absolute atomic E-state index is 0.0132. The number of rotatable bonds is 9. The molecule has 0 spiro atoms. The van der Waals surface area contributed by atoms with E-state index in [4.69, 9.17) is 5.11 Å². The number of carbonyl (C=O) groups excluding carboxylic acids is 2. The second-order valence-electron chi connectivity index (χ2n) is 6.65. The topological polar surface area (TPSA) is 86.7 Å². The first-order valence-electron chi connectivity index (χ1n) is 9.43. The van der Waals surface area contributed by atoms with E-state index in [1.165, 1.54) is 13.8 Å². The van der Waals surface area contributed by atoms with Crippen molar-refractivity contribution < 1.29 is 19.5 Å². The van der Waals surface area contributed by atoms with Crippen LogP contribution in [0.4, 0.5) is 4.79 Å². The third-order valence-corrected chi connectivity index (χ3v) is 5.19. The molecule has 2 aromatic rings. The molecular formula is C22H26N2O4S. The number of amides is 2. The largest absolute Gasteiger partial charge is 0.480 e. The summed E-state index contributed by atoms with van der Waals surface area (Å²) in [5.74, 6) is -0.621. The van der Waals surface area contributed by atoms with Gasteiger partial charge in [0.25, 0.3) is 0 Å². The first-order valence-corrected chi connectivity index (χ1v) is 10.4. The van der Waals surface area contributed by atoms with Crippen LogP contribution in [0.5, 0.6) is 0 Å². The lowest BCUT2D eigenvalue weighted by molar-refractivity contribution is -0.138. The molecular weight excluding hydrogens is 388 g/mol. The van der Waals surface area contributed by atoms with E-state index in [-0.39, 0.29) is 5.12 Å². The van der Waals surface area contributed by atoms with Crippen LogP contribution in [-0.4, -0.2) is 52.0 Å². The van der Waals surface area contributed by atoms with Gasteiger partial charge >= 0.3 is 12.0 Å². The van der Waals surface area contributed by atoms with Crippen LogP contribution in [0, 0.1) is 0 Å². The van der Waals surface area contributed by atoms with Gasteiger partial charge in [-0.15, -0.1) is 0 Å². The molecule has 0 unspecified atom stereocenters. The maximum absolute atomic E-state index is 12.5. The maximum Gasteiger partial charge on any atom is 0.325 e. The number of carbonyl (C=O) groups is 3. The normalized spacial score (nSPS) is 11.5. The number of nitrogens with one attached hydrogen (secondary N) is 1. The fourth-order valence-electron chi connectivity index (χ4n) is 2.71. The van der Waals surface area contributed by atoms with Crippen LogP contribution in [0.1, 0.15) is 19.4 Å². The highest BCUT2D eigenvalue weighted by atomic mass is 32.2. The second-order valence-corrected chi connectivity index (χ2v) is 7.92. The SMILES string of the molecule is CC(=O)SCCN(CCc1ccc(-c2ccccc2)cc1)C(=O)N[C@@H](C)C(=O)O. The molecule has 2 amide bonds. The molecule has 2 rings (SSSR count). The second kappa shape index (κ2) is 11.3. The summed E-state index contributed by atoms with van der Waals surface area (Å²) in [5, 5.41) is 11.5. The van der Waals surface area contributed by atoms with Gasteiger partial charge in [-0.25, -0.2) is 4.79 Å². The summed E-state index contributed by atoms with van der Waals surface area (Å²) in [5.41, 5.74) is 3.34. The van der Waals surface area contributed by atoms with E-state index in [1.54, 1.807) is 4.90 Å². The molecule has 0 aliphatic carbocycles. The third kappa shape index (κ3) is 7.62. The third-order valence-electron chi connectivity index (χ3n) is 4.40. The molecule has 2 N–H and O–H groups in total. The predicted octanol–water partition coefficient (Wildman–Crippen LogP) is 3.66. The molecule has 0 radical (unpaired) electrons. The molecule has 0 heterocycles. The van der Waals surface area contributed by atoms with Gasteiger partial charge in [0.2, 0.25) is 0 Å². The zero-order valence-electron chi connectivity index (χ0n) is 16.6. The molecule has 29 heavy (non-hydrogen) atoms. The summed E-state index contributed by atoms with van der Waals surface area (Å²) in [6, 6.07) is 16.8. The van der Waals surface area contributed by atoms with Crippen LogP contribution in [0.2, 0.25) is 0 Å². The molecule has 0 aromatic heterocycles. The average molecular weight is 415 g/mol. The molecule has 6 nitrogen and oxygen atoms in total. The molecule has 0 fully saturated rings. The van der Waals surface area contributed by atoms with Crippen LogP contribution >= 0.6 is 11.8 Å². The summed E-state index contributed by atoms with van der Waals surface area (Å²) >= 11 is 1.15. The van der Waals surface area contributed by atoms with Gasteiger partial charge in [0.1, 0.15) is 6.04 Å². The number of hydrogen-bond acceptors (Lipinski definition) is 4. The summed E-state index contributed by atoms with van der Waals surface area (Å²) in [6.07, 6.45) is 0.634. The number of aliphatic carboxylic acids is 1. The number of nitrogens with zero attached hydrogens (tertiary/aromatic N) is 1. The van der Waals surface area contributed by atoms with Crippen molar-refractivity contribution in [3.05, 3.63) is 60.2 Å². The highest BCUT2D eigenvalue weighted by Crippen LogP contribution is 2.19. The highest BCUT2D eigenvalue weighted by molar-refractivity contribution is 8.13. The van der Waals surface area contributed by atoms with Crippen molar-refractivity contribution in [3.63, 3.8) is 0 Å². The van der Waals surface area contributed by atoms with Crippen molar-refractivity contribution in [2.45, 2.75) is 26.3 Å². The number of hydrogen-bond donors (Lipinski definition) is 2. The number of carboxylic acid groups (broad SMARTS) is 1. The highest BCUT2D eigenvalue weighted by Gasteiger charge is 2.19. The van der Waals surface area contributed by atoms with Crippen LogP contribution < -0.4 is 5.32 Å². The van der Waals surface area contributed by atoms with Crippen LogP contribution in [-0.2, 0) is 16.0 Å². The fraction of sp³-hybridized carbons (Fsp3) is 0.318. The Labute approximate surface area is 175 Å². The van der Waals surface area contributed by atoms with E-state index >= 15 is 0 Å². The van der Waals surface area contributed by atoms with Crippen molar-refractivity contribution >= 4 is 28.9 Å². The zero-order valence-corrected chi connectivity index (χ0v) is 17.4. The Morgan fingerprint density at radius 1 is 1.00 bits per heavy atom. The average Bonchev–Trinajstić information content (AvgIpc) is 2.71. The van der Waals surface area contributed by atoms with Gasteiger partial charge in [-0.1, -0.05) is 66.4 Å². The fourth-order valence-corrected chi connectivity index (χ4v) is 3.31. The van der Waals surface area contributed by atoms with Gasteiger partial charge in [-0.05, 0) is 30.0 Å².